The average molecular weight is 334 g/mol. The second kappa shape index (κ2) is 9.13. The molecule has 0 radical (unpaired) electrons. The van der Waals surface area contributed by atoms with Gasteiger partial charge in [0.1, 0.15) is 0 Å². The van der Waals surface area contributed by atoms with Crippen LogP contribution < -0.4 is 16.0 Å². The van der Waals surface area contributed by atoms with E-state index in [1.165, 1.54) is 11.3 Å². The van der Waals surface area contributed by atoms with Crippen LogP contribution in [-0.2, 0) is 11.2 Å². The Hall–Kier alpha value is -0.970. The number of nitrogens with one attached hydrogen (secondary N) is 1. The van der Waals surface area contributed by atoms with Crippen LogP contribution in [0, 0.1) is 0 Å². The molecule has 2 rings (SSSR count). The summed E-state index contributed by atoms with van der Waals surface area (Å²) in [6.07, 6.45) is 1.48. The summed E-state index contributed by atoms with van der Waals surface area (Å²) < 4.78 is 0. The van der Waals surface area contributed by atoms with Crippen molar-refractivity contribution >= 4 is 36.4 Å². The molecule has 0 aromatic heterocycles. The SMILES string of the molecule is CC(N)CC(=O)NCCN1c2ccccc2CC1C.Cl.Cl. The molecular formula is C15H25Cl2N3O. The number of carbonyl (C=O) groups is 1. The number of anilines is 1. The van der Waals surface area contributed by atoms with Crippen LogP contribution in [0.1, 0.15) is 25.8 Å². The van der Waals surface area contributed by atoms with Gasteiger partial charge in [0.05, 0.1) is 0 Å². The Bertz CT molecular complexity index is 454. The van der Waals surface area contributed by atoms with Crippen molar-refractivity contribution in [2.75, 3.05) is 18.0 Å². The van der Waals surface area contributed by atoms with Gasteiger partial charge in [-0.1, -0.05) is 18.2 Å². The van der Waals surface area contributed by atoms with Crippen molar-refractivity contribution in [3.8, 4) is 0 Å². The third kappa shape index (κ3) is 5.38. The summed E-state index contributed by atoms with van der Waals surface area (Å²) in [5, 5.41) is 2.93. The highest BCUT2D eigenvalue weighted by molar-refractivity contribution is 5.85. The highest BCUT2D eigenvalue weighted by Gasteiger charge is 2.24. The molecule has 0 aliphatic carbocycles. The minimum absolute atomic E-state index is 0. The van der Waals surface area contributed by atoms with Crippen LogP contribution in [0.4, 0.5) is 5.69 Å². The minimum atomic E-state index is -0.0774. The van der Waals surface area contributed by atoms with Crippen molar-refractivity contribution < 1.29 is 4.79 Å². The topological polar surface area (TPSA) is 58.4 Å². The smallest absolute Gasteiger partial charge is 0.221 e. The lowest BCUT2D eigenvalue weighted by Gasteiger charge is -2.25. The molecule has 2 atom stereocenters. The summed E-state index contributed by atoms with van der Waals surface area (Å²) >= 11 is 0. The lowest BCUT2D eigenvalue weighted by Crippen LogP contribution is -2.39. The zero-order valence-electron chi connectivity index (χ0n) is 12.5. The molecule has 4 nitrogen and oxygen atoms in total. The number of amides is 1. The molecule has 120 valence electrons. The summed E-state index contributed by atoms with van der Waals surface area (Å²) in [7, 11) is 0. The fourth-order valence-corrected chi connectivity index (χ4v) is 2.65. The lowest BCUT2D eigenvalue weighted by atomic mass is 10.1. The number of hydrogen-bond acceptors (Lipinski definition) is 3. The first-order valence-electron chi connectivity index (χ1n) is 6.94. The zero-order valence-corrected chi connectivity index (χ0v) is 14.2. The summed E-state index contributed by atoms with van der Waals surface area (Å²) in [5.74, 6) is 0.0372. The summed E-state index contributed by atoms with van der Waals surface area (Å²) in [6, 6.07) is 8.91. The Balaban J connectivity index is 0.00000200. The first-order chi connectivity index (χ1) is 9.08. The minimum Gasteiger partial charge on any atom is -0.367 e. The van der Waals surface area contributed by atoms with Crippen LogP contribution in [0.15, 0.2) is 24.3 Å². The van der Waals surface area contributed by atoms with E-state index < -0.39 is 0 Å². The van der Waals surface area contributed by atoms with Gasteiger partial charge in [0.2, 0.25) is 5.91 Å². The van der Waals surface area contributed by atoms with E-state index in [9.17, 15) is 4.79 Å². The molecule has 2 unspecified atom stereocenters. The Morgan fingerprint density at radius 2 is 2.10 bits per heavy atom. The van der Waals surface area contributed by atoms with E-state index in [0.29, 0.717) is 19.0 Å². The van der Waals surface area contributed by atoms with Gasteiger partial charge < -0.3 is 16.0 Å². The van der Waals surface area contributed by atoms with Crippen molar-refractivity contribution in [3.05, 3.63) is 29.8 Å². The number of halogens is 2. The summed E-state index contributed by atoms with van der Waals surface area (Å²) in [6.45, 7) is 5.59. The summed E-state index contributed by atoms with van der Waals surface area (Å²) in [5.41, 5.74) is 8.30. The third-order valence-corrected chi connectivity index (χ3v) is 3.53. The molecule has 0 spiro atoms. The van der Waals surface area contributed by atoms with Gasteiger partial charge in [0.15, 0.2) is 0 Å². The Labute approximate surface area is 139 Å². The standard InChI is InChI=1S/C15H23N3O.2ClH/c1-11(16)9-15(19)17-7-8-18-12(2)10-13-5-3-4-6-14(13)18;;/h3-6,11-12H,7-10,16H2,1-2H3,(H,17,19);2*1H. The lowest BCUT2D eigenvalue weighted by molar-refractivity contribution is -0.121. The van der Waals surface area contributed by atoms with Crippen LogP contribution in [0.25, 0.3) is 0 Å². The van der Waals surface area contributed by atoms with Crippen molar-refractivity contribution in [2.24, 2.45) is 5.73 Å². The van der Waals surface area contributed by atoms with Crippen LogP contribution in [0.3, 0.4) is 0 Å². The van der Waals surface area contributed by atoms with E-state index in [4.69, 9.17) is 5.73 Å². The quantitative estimate of drug-likeness (QED) is 0.867. The number of benzene rings is 1. The van der Waals surface area contributed by atoms with E-state index >= 15 is 0 Å². The molecule has 6 heteroatoms. The Morgan fingerprint density at radius 3 is 2.76 bits per heavy atom. The molecule has 1 amide bonds. The molecule has 1 aliphatic heterocycles. The van der Waals surface area contributed by atoms with Crippen molar-refractivity contribution in [2.45, 2.75) is 38.8 Å². The van der Waals surface area contributed by atoms with Crippen LogP contribution >= 0.6 is 24.8 Å². The molecule has 1 heterocycles. The Morgan fingerprint density at radius 1 is 1.43 bits per heavy atom. The van der Waals surface area contributed by atoms with Crippen LogP contribution in [0.2, 0.25) is 0 Å². The maximum absolute atomic E-state index is 11.5. The summed E-state index contributed by atoms with van der Waals surface area (Å²) in [4.78, 5) is 13.9. The second-order valence-corrected chi connectivity index (χ2v) is 5.41. The molecule has 0 saturated heterocycles. The van der Waals surface area contributed by atoms with E-state index in [-0.39, 0.29) is 36.8 Å². The largest absolute Gasteiger partial charge is 0.367 e. The van der Waals surface area contributed by atoms with Gasteiger partial charge in [-0.05, 0) is 31.9 Å². The molecule has 0 bridgehead atoms. The van der Waals surface area contributed by atoms with Crippen molar-refractivity contribution in [1.82, 2.24) is 5.32 Å². The predicted molar refractivity (Wildman–Crippen MR) is 92.7 cm³/mol. The molecule has 1 aromatic rings. The van der Waals surface area contributed by atoms with Gasteiger partial charge >= 0.3 is 0 Å². The van der Waals surface area contributed by atoms with Crippen LogP contribution in [0.5, 0.6) is 0 Å². The Kier molecular flexibility index (Phi) is 8.71. The number of fused-ring (bicyclic) bond motifs is 1. The fraction of sp³-hybridized carbons (Fsp3) is 0.533. The molecule has 0 saturated carbocycles. The van der Waals surface area contributed by atoms with E-state index in [2.05, 4.69) is 41.4 Å². The monoisotopic (exact) mass is 333 g/mol. The number of carbonyl (C=O) groups excluding carboxylic acids is 1. The van der Waals surface area contributed by atoms with Crippen molar-refractivity contribution in [3.63, 3.8) is 0 Å². The first kappa shape index (κ1) is 20.0. The molecule has 21 heavy (non-hydrogen) atoms. The molecule has 3 N–H and O–H groups in total. The average Bonchev–Trinajstić information content (AvgIpc) is 2.65. The molecule has 0 fully saturated rings. The number of nitrogens with two attached hydrogens (primary N) is 1. The first-order valence-corrected chi connectivity index (χ1v) is 6.94. The normalized spacial score (nSPS) is 17.3. The maximum atomic E-state index is 11.5. The van der Waals surface area contributed by atoms with E-state index in [1.807, 2.05) is 6.92 Å². The number of hydrogen-bond donors (Lipinski definition) is 2. The van der Waals surface area contributed by atoms with Crippen molar-refractivity contribution in [1.29, 1.82) is 0 Å². The maximum Gasteiger partial charge on any atom is 0.221 e. The van der Waals surface area contributed by atoms with E-state index in [1.54, 1.807) is 0 Å². The second-order valence-electron chi connectivity index (χ2n) is 5.41. The number of para-hydroxylation sites is 1. The van der Waals surface area contributed by atoms with Gasteiger partial charge in [-0.15, -0.1) is 24.8 Å². The molecular weight excluding hydrogens is 309 g/mol. The number of rotatable bonds is 5. The third-order valence-electron chi connectivity index (χ3n) is 3.53. The molecule has 1 aromatic carbocycles. The number of nitrogens with zero attached hydrogens (tertiary/aromatic N) is 1. The van der Waals surface area contributed by atoms with Gasteiger partial charge in [0, 0.05) is 37.3 Å². The van der Waals surface area contributed by atoms with Crippen LogP contribution in [-0.4, -0.2) is 31.1 Å². The van der Waals surface area contributed by atoms with Gasteiger partial charge in [-0.3, -0.25) is 4.79 Å². The van der Waals surface area contributed by atoms with Gasteiger partial charge in [-0.2, -0.15) is 0 Å². The zero-order chi connectivity index (χ0) is 13.8. The highest BCUT2D eigenvalue weighted by atomic mass is 35.5. The molecule has 1 aliphatic rings. The van der Waals surface area contributed by atoms with E-state index in [0.717, 1.165) is 13.0 Å². The predicted octanol–water partition coefficient (Wildman–Crippen LogP) is 2.13. The fourth-order valence-electron chi connectivity index (χ4n) is 2.65. The highest BCUT2D eigenvalue weighted by Crippen LogP contribution is 2.31. The van der Waals surface area contributed by atoms with Gasteiger partial charge in [0.25, 0.3) is 0 Å². The van der Waals surface area contributed by atoms with Gasteiger partial charge in [-0.25, -0.2) is 0 Å².